The number of carbonyl (C=O) groups excluding carboxylic acids is 1. The lowest BCUT2D eigenvalue weighted by molar-refractivity contribution is -0.116. The Morgan fingerprint density at radius 1 is 1.03 bits per heavy atom. The second-order valence-electron chi connectivity index (χ2n) is 6.37. The Morgan fingerprint density at radius 2 is 1.77 bits per heavy atom. The largest absolute Gasteiger partial charge is 0.497 e. The van der Waals surface area contributed by atoms with Crippen LogP contribution in [0.25, 0.3) is 0 Å². The number of hydrogen-bond acceptors (Lipinski definition) is 7. The van der Waals surface area contributed by atoms with Gasteiger partial charge in [0.25, 0.3) is 0 Å². The van der Waals surface area contributed by atoms with Crippen LogP contribution < -0.4 is 14.2 Å². The zero-order valence-electron chi connectivity index (χ0n) is 18.8. The van der Waals surface area contributed by atoms with E-state index in [1.165, 1.54) is 14.2 Å². The standard InChI is InChI=1S/C22H30NO7P/c1-7-30-22(24)23(14-18(26-3)27-4)19(15-9-8-10-16(13-15)25-2)17-11-12-31-21(29-6)20(17)28-5/h8-13,18-19H,7,14H2,1-6H3/t19-/m1/s1. The van der Waals surface area contributed by atoms with Gasteiger partial charge in [-0.3, -0.25) is 4.90 Å². The molecule has 0 saturated carbocycles. The molecule has 1 amide bonds. The highest BCUT2D eigenvalue weighted by atomic mass is 31.0. The minimum atomic E-state index is -0.652. The van der Waals surface area contributed by atoms with Crippen molar-refractivity contribution < 1.29 is 33.2 Å². The van der Waals surface area contributed by atoms with Crippen molar-refractivity contribution in [1.82, 2.24) is 4.90 Å². The number of carbonyl (C=O) groups is 1. The molecule has 1 atom stereocenters. The second-order valence-corrected chi connectivity index (χ2v) is 7.34. The average molecular weight is 451 g/mol. The first-order valence-corrected chi connectivity index (χ1v) is 10.7. The van der Waals surface area contributed by atoms with Gasteiger partial charge in [0.15, 0.2) is 17.5 Å². The Labute approximate surface area is 185 Å². The van der Waals surface area contributed by atoms with Crippen LogP contribution in [0.15, 0.2) is 36.1 Å². The van der Waals surface area contributed by atoms with E-state index in [1.54, 1.807) is 33.2 Å². The van der Waals surface area contributed by atoms with Gasteiger partial charge in [0.05, 0.1) is 40.5 Å². The number of benzene rings is 1. The highest BCUT2D eigenvalue weighted by molar-refractivity contribution is 7.31. The Balaban J connectivity index is 2.73. The van der Waals surface area contributed by atoms with Crippen molar-refractivity contribution >= 4 is 14.3 Å². The van der Waals surface area contributed by atoms with E-state index in [9.17, 15) is 4.79 Å². The molecule has 0 bridgehead atoms. The maximum atomic E-state index is 13.1. The fourth-order valence-electron chi connectivity index (χ4n) is 3.25. The highest BCUT2D eigenvalue weighted by Crippen LogP contribution is 2.44. The Morgan fingerprint density at radius 3 is 2.35 bits per heavy atom. The van der Waals surface area contributed by atoms with E-state index in [0.29, 0.717) is 17.0 Å². The Bertz CT molecular complexity index is 844. The normalized spacial score (nSPS) is 12.0. The molecule has 1 aromatic carbocycles. The van der Waals surface area contributed by atoms with E-state index in [-0.39, 0.29) is 13.2 Å². The molecule has 170 valence electrons. The van der Waals surface area contributed by atoms with Crippen molar-refractivity contribution in [2.24, 2.45) is 0 Å². The van der Waals surface area contributed by atoms with E-state index in [1.807, 2.05) is 36.1 Å². The molecule has 9 heteroatoms. The van der Waals surface area contributed by atoms with E-state index < -0.39 is 18.4 Å². The third-order valence-corrected chi connectivity index (χ3v) is 5.61. The molecule has 0 N–H and O–H groups in total. The first-order valence-electron chi connectivity index (χ1n) is 9.74. The molecule has 2 aromatic rings. The lowest BCUT2D eigenvalue weighted by Gasteiger charge is -2.34. The molecule has 0 fully saturated rings. The first-order chi connectivity index (χ1) is 15.0. The van der Waals surface area contributed by atoms with E-state index in [4.69, 9.17) is 28.4 Å². The predicted octanol–water partition coefficient (Wildman–Crippen LogP) is 4.46. The van der Waals surface area contributed by atoms with Crippen LogP contribution in [0, 0.1) is 0 Å². The van der Waals surface area contributed by atoms with Crippen molar-refractivity contribution in [2.45, 2.75) is 19.3 Å². The summed E-state index contributed by atoms with van der Waals surface area (Å²) < 4.78 is 32.8. The maximum absolute atomic E-state index is 13.1. The Hall–Kier alpha value is -2.54. The molecule has 1 aromatic heterocycles. The van der Waals surface area contributed by atoms with Gasteiger partial charge in [-0.15, -0.1) is 0 Å². The monoisotopic (exact) mass is 451 g/mol. The number of amides is 1. The molecular formula is C22H30NO7P. The predicted molar refractivity (Wildman–Crippen MR) is 118 cm³/mol. The second kappa shape index (κ2) is 12.3. The Kier molecular flexibility index (Phi) is 9.85. The van der Waals surface area contributed by atoms with Crippen molar-refractivity contribution in [3.8, 4) is 17.0 Å². The van der Waals surface area contributed by atoms with Gasteiger partial charge in [0.2, 0.25) is 0 Å². The lowest BCUT2D eigenvalue weighted by Crippen LogP contribution is -2.42. The zero-order valence-corrected chi connectivity index (χ0v) is 19.7. The molecule has 0 saturated heterocycles. The summed E-state index contributed by atoms with van der Waals surface area (Å²) in [4.78, 5) is 14.7. The van der Waals surface area contributed by atoms with Gasteiger partial charge >= 0.3 is 6.09 Å². The molecule has 0 aliphatic heterocycles. The summed E-state index contributed by atoms with van der Waals surface area (Å²) in [6.07, 6.45) is -1.16. The van der Waals surface area contributed by atoms with Crippen LogP contribution in [-0.2, 0) is 14.2 Å². The van der Waals surface area contributed by atoms with Crippen LogP contribution in [0.3, 0.4) is 0 Å². The van der Waals surface area contributed by atoms with Crippen LogP contribution in [0.1, 0.15) is 24.1 Å². The molecule has 8 nitrogen and oxygen atoms in total. The van der Waals surface area contributed by atoms with Gasteiger partial charge in [-0.1, -0.05) is 12.1 Å². The molecule has 0 aliphatic carbocycles. The molecule has 0 radical (unpaired) electrons. The van der Waals surface area contributed by atoms with Crippen molar-refractivity contribution in [1.29, 1.82) is 0 Å². The number of nitrogens with zero attached hydrogens (tertiary/aromatic N) is 1. The van der Waals surface area contributed by atoms with Crippen LogP contribution in [0.4, 0.5) is 4.79 Å². The van der Waals surface area contributed by atoms with Crippen molar-refractivity contribution in [3.05, 3.63) is 47.3 Å². The number of rotatable bonds is 11. The average Bonchev–Trinajstić information content (AvgIpc) is 2.81. The zero-order chi connectivity index (χ0) is 22.8. The molecule has 0 unspecified atom stereocenters. The molecule has 31 heavy (non-hydrogen) atoms. The van der Waals surface area contributed by atoms with Crippen LogP contribution in [0.5, 0.6) is 17.0 Å². The van der Waals surface area contributed by atoms with Crippen LogP contribution in [0.2, 0.25) is 0 Å². The molecule has 0 aliphatic rings. The smallest absolute Gasteiger partial charge is 0.410 e. The summed E-state index contributed by atoms with van der Waals surface area (Å²) in [5, 5.41) is 0. The molecule has 2 rings (SSSR count). The van der Waals surface area contributed by atoms with Gasteiger partial charge in [-0.25, -0.2) is 4.79 Å². The van der Waals surface area contributed by atoms with Crippen molar-refractivity contribution in [2.75, 3.05) is 48.7 Å². The third-order valence-electron chi connectivity index (χ3n) is 4.69. The van der Waals surface area contributed by atoms with Gasteiger partial charge in [-0.2, -0.15) is 0 Å². The third kappa shape index (κ3) is 6.00. The fraction of sp³-hybridized carbons (Fsp3) is 0.455. The van der Waals surface area contributed by atoms with Gasteiger partial charge < -0.3 is 28.4 Å². The summed E-state index contributed by atoms with van der Waals surface area (Å²) in [6.45, 7) is 2.11. The minimum Gasteiger partial charge on any atom is -0.497 e. The van der Waals surface area contributed by atoms with Crippen LogP contribution >= 0.6 is 8.19 Å². The van der Waals surface area contributed by atoms with Crippen LogP contribution in [-0.4, -0.2) is 66.0 Å². The van der Waals surface area contributed by atoms with E-state index in [0.717, 1.165) is 19.3 Å². The molecule has 1 heterocycles. The lowest BCUT2D eigenvalue weighted by atomic mass is 9.97. The van der Waals surface area contributed by atoms with Gasteiger partial charge in [-0.05, 0) is 44.7 Å². The van der Waals surface area contributed by atoms with Gasteiger partial charge in [0, 0.05) is 19.8 Å². The topological polar surface area (TPSA) is 75.7 Å². The molecule has 0 spiro atoms. The number of ether oxygens (including phenoxy) is 6. The number of methoxy groups -OCH3 is 5. The van der Waals surface area contributed by atoms with E-state index in [2.05, 4.69) is 0 Å². The summed E-state index contributed by atoms with van der Waals surface area (Å²) in [5.41, 5.74) is 2.19. The fourth-order valence-corrected chi connectivity index (χ4v) is 4.06. The summed E-state index contributed by atoms with van der Waals surface area (Å²) >= 11 is 0. The highest BCUT2D eigenvalue weighted by Gasteiger charge is 2.33. The summed E-state index contributed by atoms with van der Waals surface area (Å²) in [5.74, 6) is 3.16. The quantitative estimate of drug-likeness (QED) is 0.467. The first kappa shape index (κ1) is 24.7. The SMILES string of the molecule is CCOC(=O)N(CC(OC)OC)[C@H](c1cccc(OC)c1)c1ccpc(OC)c1OC. The maximum Gasteiger partial charge on any atom is 0.410 e. The van der Waals surface area contributed by atoms with Gasteiger partial charge in [0.1, 0.15) is 5.75 Å². The molecular weight excluding hydrogens is 421 g/mol. The van der Waals surface area contributed by atoms with E-state index >= 15 is 0 Å². The number of hydrogen-bond donors (Lipinski definition) is 0. The minimum absolute atomic E-state index is 0.127. The van der Waals surface area contributed by atoms with Crippen molar-refractivity contribution in [3.63, 3.8) is 0 Å². The summed E-state index contributed by atoms with van der Waals surface area (Å²) in [6, 6.07) is 8.85. The summed E-state index contributed by atoms with van der Waals surface area (Å²) in [7, 11) is 8.67.